The second-order valence-corrected chi connectivity index (χ2v) is 5.65. The number of hydrogen-bond donors (Lipinski definition) is 2. The number of nitrogen functional groups attached to an aromatic ring is 2. The van der Waals surface area contributed by atoms with Crippen LogP contribution in [0.25, 0.3) is 11.1 Å². The van der Waals surface area contributed by atoms with Crippen molar-refractivity contribution < 1.29 is 0 Å². The van der Waals surface area contributed by atoms with Crippen molar-refractivity contribution in [3.05, 3.63) is 46.0 Å². The number of fused-ring (bicyclic) bond motifs is 3. The van der Waals surface area contributed by atoms with Crippen molar-refractivity contribution in [2.75, 3.05) is 11.5 Å². The standard InChI is InChI=1S/C17H20N2/c1-8-9(2)17(19)11(4)16-14-7-12(18)5-6-13(14)10(3)15(8)16/h5-7,10H,18-19H2,1-4H3. The highest BCUT2D eigenvalue weighted by Crippen LogP contribution is 2.50. The van der Waals surface area contributed by atoms with E-state index in [1.165, 1.54) is 38.9 Å². The summed E-state index contributed by atoms with van der Waals surface area (Å²) in [6.45, 7) is 8.67. The summed E-state index contributed by atoms with van der Waals surface area (Å²) in [6.07, 6.45) is 0. The molecule has 0 heterocycles. The Morgan fingerprint density at radius 1 is 0.947 bits per heavy atom. The maximum Gasteiger partial charge on any atom is 0.0382 e. The first-order chi connectivity index (χ1) is 8.93. The number of anilines is 2. The molecule has 2 heteroatoms. The number of nitrogens with two attached hydrogens (primary N) is 2. The molecular formula is C17H20N2. The largest absolute Gasteiger partial charge is 0.399 e. The summed E-state index contributed by atoms with van der Waals surface area (Å²) < 4.78 is 0. The van der Waals surface area contributed by atoms with Crippen LogP contribution in [-0.2, 0) is 0 Å². The molecule has 2 aromatic carbocycles. The summed E-state index contributed by atoms with van der Waals surface area (Å²) in [7, 11) is 0. The number of hydrogen-bond acceptors (Lipinski definition) is 2. The second kappa shape index (κ2) is 3.77. The minimum absolute atomic E-state index is 0.420. The Kier molecular flexibility index (Phi) is 2.40. The van der Waals surface area contributed by atoms with Gasteiger partial charge in [0.15, 0.2) is 0 Å². The van der Waals surface area contributed by atoms with Gasteiger partial charge in [-0.05, 0) is 71.8 Å². The molecule has 3 rings (SSSR count). The van der Waals surface area contributed by atoms with E-state index in [9.17, 15) is 0 Å². The molecule has 2 aromatic rings. The Hall–Kier alpha value is -1.96. The van der Waals surface area contributed by atoms with Gasteiger partial charge in [0.05, 0.1) is 0 Å². The molecule has 1 aliphatic rings. The van der Waals surface area contributed by atoms with Gasteiger partial charge in [-0.1, -0.05) is 13.0 Å². The molecule has 19 heavy (non-hydrogen) atoms. The van der Waals surface area contributed by atoms with E-state index in [1.807, 2.05) is 6.07 Å². The summed E-state index contributed by atoms with van der Waals surface area (Å²) in [5.41, 5.74) is 23.0. The topological polar surface area (TPSA) is 52.0 Å². The summed E-state index contributed by atoms with van der Waals surface area (Å²) in [6, 6.07) is 6.22. The molecule has 1 aliphatic carbocycles. The first-order valence-electron chi connectivity index (χ1n) is 6.72. The van der Waals surface area contributed by atoms with Crippen LogP contribution in [0.3, 0.4) is 0 Å². The fraction of sp³-hybridized carbons (Fsp3) is 0.294. The van der Waals surface area contributed by atoms with Crippen LogP contribution in [-0.4, -0.2) is 0 Å². The van der Waals surface area contributed by atoms with Crippen LogP contribution in [0.15, 0.2) is 18.2 Å². The Morgan fingerprint density at radius 3 is 2.32 bits per heavy atom. The van der Waals surface area contributed by atoms with Crippen molar-refractivity contribution in [2.24, 2.45) is 0 Å². The third-order valence-electron chi connectivity index (χ3n) is 4.67. The third-order valence-corrected chi connectivity index (χ3v) is 4.67. The summed E-state index contributed by atoms with van der Waals surface area (Å²) >= 11 is 0. The lowest BCUT2D eigenvalue weighted by Gasteiger charge is -2.17. The summed E-state index contributed by atoms with van der Waals surface area (Å²) in [4.78, 5) is 0. The van der Waals surface area contributed by atoms with E-state index < -0.39 is 0 Å². The van der Waals surface area contributed by atoms with Crippen LogP contribution in [0.5, 0.6) is 0 Å². The fourth-order valence-electron chi connectivity index (χ4n) is 3.42. The Labute approximate surface area is 114 Å². The normalized spacial score (nSPS) is 16.3. The van der Waals surface area contributed by atoms with Crippen LogP contribution < -0.4 is 11.5 Å². The summed E-state index contributed by atoms with van der Waals surface area (Å²) in [5.74, 6) is 0.420. The molecule has 0 aliphatic heterocycles. The average Bonchev–Trinajstić information content (AvgIpc) is 2.67. The zero-order chi connectivity index (χ0) is 13.9. The molecule has 1 unspecified atom stereocenters. The molecular weight excluding hydrogens is 232 g/mol. The Morgan fingerprint density at radius 2 is 1.63 bits per heavy atom. The van der Waals surface area contributed by atoms with Gasteiger partial charge in [0.25, 0.3) is 0 Å². The Bertz CT molecular complexity index is 699. The van der Waals surface area contributed by atoms with Crippen LogP contribution in [0.4, 0.5) is 11.4 Å². The van der Waals surface area contributed by atoms with Crippen LogP contribution in [0.1, 0.15) is 40.7 Å². The van der Waals surface area contributed by atoms with Gasteiger partial charge in [-0.25, -0.2) is 0 Å². The lowest BCUT2D eigenvalue weighted by molar-refractivity contribution is 0.939. The first-order valence-corrected chi connectivity index (χ1v) is 6.72. The van der Waals surface area contributed by atoms with Gasteiger partial charge in [-0.3, -0.25) is 0 Å². The van der Waals surface area contributed by atoms with Crippen molar-refractivity contribution in [1.82, 2.24) is 0 Å². The second-order valence-electron chi connectivity index (χ2n) is 5.65. The Balaban J connectivity index is 2.46. The molecule has 0 saturated heterocycles. The molecule has 0 aromatic heterocycles. The van der Waals surface area contributed by atoms with Crippen molar-refractivity contribution in [2.45, 2.75) is 33.6 Å². The van der Waals surface area contributed by atoms with Crippen LogP contribution in [0, 0.1) is 20.8 Å². The van der Waals surface area contributed by atoms with Gasteiger partial charge in [0.2, 0.25) is 0 Å². The fourth-order valence-corrected chi connectivity index (χ4v) is 3.42. The third kappa shape index (κ3) is 1.43. The lowest BCUT2D eigenvalue weighted by atomic mass is 9.89. The molecule has 0 saturated carbocycles. The summed E-state index contributed by atoms with van der Waals surface area (Å²) in [5, 5.41) is 0. The van der Waals surface area contributed by atoms with E-state index in [0.717, 1.165) is 11.4 Å². The molecule has 0 spiro atoms. The number of benzene rings is 2. The van der Waals surface area contributed by atoms with Gasteiger partial charge in [-0.15, -0.1) is 0 Å². The monoisotopic (exact) mass is 252 g/mol. The SMILES string of the molecule is Cc1c(C)c2c(c(C)c1N)-c1cc(N)ccc1C2C. The van der Waals surface area contributed by atoms with Crippen LogP contribution in [0.2, 0.25) is 0 Å². The van der Waals surface area contributed by atoms with Gasteiger partial charge >= 0.3 is 0 Å². The van der Waals surface area contributed by atoms with E-state index in [2.05, 4.69) is 39.8 Å². The zero-order valence-corrected chi connectivity index (χ0v) is 12.0. The number of rotatable bonds is 0. The lowest BCUT2D eigenvalue weighted by Crippen LogP contribution is -2.02. The van der Waals surface area contributed by atoms with Crippen LogP contribution >= 0.6 is 0 Å². The predicted octanol–water partition coefficient (Wildman–Crippen LogP) is 3.91. The first kappa shape index (κ1) is 12.1. The van der Waals surface area contributed by atoms with E-state index in [4.69, 9.17) is 11.5 Å². The van der Waals surface area contributed by atoms with E-state index in [-0.39, 0.29) is 0 Å². The minimum atomic E-state index is 0.420. The maximum absolute atomic E-state index is 6.27. The highest BCUT2D eigenvalue weighted by Gasteiger charge is 2.30. The molecule has 4 N–H and O–H groups in total. The molecule has 0 bridgehead atoms. The van der Waals surface area contributed by atoms with E-state index >= 15 is 0 Å². The smallest absolute Gasteiger partial charge is 0.0382 e. The maximum atomic E-state index is 6.27. The quantitative estimate of drug-likeness (QED) is 0.698. The molecule has 0 radical (unpaired) electrons. The molecule has 0 fully saturated rings. The van der Waals surface area contributed by atoms with E-state index in [1.54, 1.807) is 0 Å². The average molecular weight is 252 g/mol. The zero-order valence-electron chi connectivity index (χ0n) is 12.0. The van der Waals surface area contributed by atoms with Gasteiger partial charge < -0.3 is 11.5 Å². The van der Waals surface area contributed by atoms with Gasteiger partial charge in [0, 0.05) is 17.3 Å². The molecule has 98 valence electrons. The molecule has 1 atom stereocenters. The van der Waals surface area contributed by atoms with Gasteiger partial charge in [0.1, 0.15) is 0 Å². The minimum Gasteiger partial charge on any atom is -0.399 e. The van der Waals surface area contributed by atoms with Crippen molar-refractivity contribution >= 4 is 11.4 Å². The highest BCUT2D eigenvalue weighted by atomic mass is 14.6. The molecule has 2 nitrogen and oxygen atoms in total. The molecule has 0 amide bonds. The van der Waals surface area contributed by atoms with Gasteiger partial charge in [-0.2, -0.15) is 0 Å². The predicted molar refractivity (Wildman–Crippen MR) is 82.4 cm³/mol. The van der Waals surface area contributed by atoms with E-state index in [0.29, 0.717) is 5.92 Å². The highest BCUT2D eigenvalue weighted by molar-refractivity contribution is 5.88. The van der Waals surface area contributed by atoms with Crippen molar-refractivity contribution in [1.29, 1.82) is 0 Å². The van der Waals surface area contributed by atoms with Crippen molar-refractivity contribution in [3.8, 4) is 11.1 Å². The van der Waals surface area contributed by atoms with Crippen molar-refractivity contribution in [3.63, 3.8) is 0 Å².